The lowest BCUT2D eigenvalue weighted by Crippen LogP contribution is -2.34. The number of amides is 1. The van der Waals surface area contributed by atoms with Crippen LogP contribution < -0.4 is 10.1 Å². The van der Waals surface area contributed by atoms with Gasteiger partial charge in [-0.3, -0.25) is 4.79 Å². The van der Waals surface area contributed by atoms with Crippen LogP contribution in [0.5, 0.6) is 11.5 Å². The first kappa shape index (κ1) is 20.0. The molecule has 2 N–H and O–H groups in total. The summed E-state index contributed by atoms with van der Waals surface area (Å²) in [5.74, 6) is 0.468. The minimum atomic E-state index is -0.311. The van der Waals surface area contributed by atoms with Crippen LogP contribution in [0.15, 0.2) is 72.8 Å². The molecule has 0 fully saturated rings. The highest BCUT2D eigenvalue weighted by Gasteiger charge is 2.13. The maximum atomic E-state index is 12.1. The summed E-state index contributed by atoms with van der Waals surface area (Å²) < 4.78 is 6.48. The Hall–Kier alpha value is -3.29. The summed E-state index contributed by atoms with van der Waals surface area (Å²) in [6.45, 7) is -0.114. The lowest BCUT2D eigenvalue weighted by atomic mass is 10.1. The number of phenolic OH excluding ortho intramolecular Hbond substituents is 1. The van der Waals surface area contributed by atoms with Crippen LogP contribution in [0.3, 0.4) is 0 Å². The Kier molecular flexibility index (Phi) is 6.02. The number of hydrogen-bond acceptors (Lipinski definition) is 6. The van der Waals surface area contributed by atoms with Gasteiger partial charge in [0.25, 0.3) is 5.91 Å². The Morgan fingerprint density at radius 1 is 1.07 bits per heavy atom. The third-order valence-corrected chi connectivity index (χ3v) is 5.66. The molecule has 1 aromatic heterocycles. The molecule has 7 heteroatoms. The molecule has 4 aromatic rings. The van der Waals surface area contributed by atoms with E-state index in [4.69, 9.17) is 17.0 Å². The van der Waals surface area contributed by atoms with E-state index >= 15 is 0 Å². The number of hydrogen-bond donors (Lipinski definition) is 2. The Labute approximate surface area is 183 Å². The standard InChI is InChI=1S/C23H18N2O3S2/c26-19-11-10-15(12-17(19)23-24-18-8-4-5-9-20(18)30-23)13-22(29)25-21(27)14-28-16-6-2-1-3-7-16/h1-12,26H,13-14H2,(H,25,27,29). The van der Waals surface area contributed by atoms with Gasteiger partial charge in [-0.15, -0.1) is 11.3 Å². The number of thiazole rings is 1. The molecule has 0 radical (unpaired) electrons. The molecule has 150 valence electrons. The van der Waals surface area contributed by atoms with Crippen LogP contribution in [0.4, 0.5) is 0 Å². The summed E-state index contributed by atoms with van der Waals surface area (Å²) >= 11 is 6.84. The Morgan fingerprint density at radius 3 is 2.63 bits per heavy atom. The molecule has 4 rings (SSSR count). The zero-order valence-electron chi connectivity index (χ0n) is 15.9. The number of nitrogens with one attached hydrogen (secondary N) is 1. The normalized spacial score (nSPS) is 10.7. The van der Waals surface area contributed by atoms with Crippen molar-refractivity contribution in [2.45, 2.75) is 6.42 Å². The minimum absolute atomic E-state index is 0.114. The smallest absolute Gasteiger partial charge is 0.262 e. The molecular formula is C23H18N2O3S2. The van der Waals surface area contributed by atoms with Crippen molar-refractivity contribution in [2.24, 2.45) is 0 Å². The molecule has 30 heavy (non-hydrogen) atoms. The molecule has 0 atom stereocenters. The van der Waals surface area contributed by atoms with E-state index in [9.17, 15) is 9.90 Å². The molecule has 0 aliphatic heterocycles. The number of aromatic hydroxyl groups is 1. The second-order valence-corrected chi connectivity index (χ2v) is 8.11. The molecule has 0 aliphatic rings. The molecule has 0 saturated carbocycles. The first-order valence-electron chi connectivity index (χ1n) is 9.27. The van der Waals surface area contributed by atoms with Crippen molar-refractivity contribution < 1.29 is 14.6 Å². The number of fused-ring (bicyclic) bond motifs is 1. The molecule has 3 aromatic carbocycles. The van der Waals surface area contributed by atoms with Crippen LogP contribution in [-0.4, -0.2) is 27.6 Å². The molecule has 0 unspecified atom stereocenters. The van der Waals surface area contributed by atoms with Gasteiger partial charge in [0.1, 0.15) is 16.5 Å². The van der Waals surface area contributed by atoms with Gasteiger partial charge >= 0.3 is 0 Å². The molecule has 0 saturated heterocycles. The van der Waals surface area contributed by atoms with E-state index in [2.05, 4.69) is 10.3 Å². The molecule has 0 aliphatic carbocycles. The molecule has 1 heterocycles. The van der Waals surface area contributed by atoms with E-state index in [0.717, 1.165) is 20.8 Å². The Bertz CT molecular complexity index is 1170. The number of benzene rings is 3. The number of thiocarbonyl (C=S) groups is 1. The van der Waals surface area contributed by atoms with Gasteiger partial charge in [0, 0.05) is 6.42 Å². The minimum Gasteiger partial charge on any atom is -0.507 e. The van der Waals surface area contributed by atoms with E-state index in [0.29, 0.717) is 22.7 Å². The zero-order valence-corrected chi connectivity index (χ0v) is 17.5. The van der Waals surface area contributed by atoms with Crippen molar-refractivity contribution in [3.63, 3.8) is 0 Å². The second kappa shape index (κ2) is 9.02. The number of aromatic nitrogens is 1. The number of carbonyl (C=O) groups excluding carboxylic acids is 1. The maximum absolute atomic E-state index is 12.1. The summed E-state index contributed by atoms with van der Waals surface area (Å²) in [5, 5.41) is 13.7. The van der Waals surface area contributed by atoms with Crippen molar-refractivity contribution in [1.29, 1.82) is 0 Å². The van der Waals surface area contributed by atoms with Crippen LogP contribution in [0.25, 0.3) is 20.8 Å². The fourth-order valence-electron chi connectivity index (χ4n) is 2.94. The van der Waals surface area contributed by atoms with Crippen LogP contribution in [0.2, 0.25) is 0 Å². The zero-order chi connectivity index (χ0) is 20.9. The first-order chi connectivity index (χ1) is 14.6. The highest BCUT2D eigenvalue weighted by atomic mass is 32.1. The topological polar surface area (TPSA) is 71.5 Å². The second-order valence-electron chi connectivity index (χ2n) is 6.59. The van der Waals surface area contributed by atoms with E-state index < -0.39 is 0 Å². The lowest BCUT2D eigenvalue weighted by molar-refractivity contribution is -0.121. The van der Waals surface area contributed by atoms with Gasteiger partial charge in [0.2, 0.25) is 0 Å². The molecule has 5 nitrogen and oxygen atoms in total. The lowest BCUT2D eigenvalue weighted by Gasteiger charge is -2.10. The number of phenols is 1. The van der Waals surface area contributed by atoms with E-state index in [1.807, 2.05) is 48.5 Å². The first-order valence-corrected chi connectivity index (χ1v) is 10.5. The number of nitrogens with zero attached hydrogens (tertiary/aromatic N) is 1. The van der Waals surface area contributed by atoms with Gasteiger partial charge < -0.3 is 15.2 Å². The van der Waals surface area contributed by atoms with Crippen molar-refractivity contribution in [2.75, 3.05) is 6.61 Å². The summed E-state index contributed by atoms with van der Waals surface area (Å²) in [7, 11) is 0. The van der Waals surface area contributed by atoms with Crippen molar-refractivity contribution >= 4 is 44.7 Å². The Balaban J connectivity index is 1.41. The van der Waals surface area contributed by atoms with Crippen molar-refractivity contribution in [3.05, 3.63) is 78.4 Å². The third-order valence-electron chi connectivity index (χ3n) is 4.34. The Morgan fingerprint density at radius 2 is 1.83 bits per heavy atom. The van der Waals surface area contributed by atoms with Crippen LogP contribution >= 0.6 is 23.6 Å². The molecule has 0 bridgehead atoms. The summed E-state index contributed by atoms with van der Waals surface area (Å²) in [6.07, 6.45) is 0.366. The van der Waals surface area contributed by atoms with Gasteiger partial charge in [-0.25, -0.2) is 4.98 Å². The highest BCUT2D eigenvalue weighted by molar-refractivity contribution is 7.80. The number of ether oxygens (including phenoxy) is 1. The van der Waals surface area contributed by atoms with Gasteiger partial charge in [0.05, 0.1) is 20.8 Å². The van der Waals surface area contributed by atoms with Gasteiger partial charge in [0.15, 0.2) is 6.61 Å². The quantitative estimate of drug-likeness (QED) is 0.429. The van der Waals surface area contributed by atoms with E-state index in [-0.39, 0.29) is 18.3 Å². The molecule has 0 spiro atoms. The number of carbonyl (C=O) groups is 1. The fourth-order valence-corrected chi connectivity index (χ4v) is 4.21. The van der Waals surface area contributed by atoms with Crippen molar-refractivity contribution in [1.82, 2.24) is 10.3 Å². The van der Waals surface area contributed by atoms with E-state index in [1.54, 1.807) is 24.3 Å². The summed E-state index contributed by atoms with van der Waals surface area (Å²) in [6, 6.07) is 22.2. The van der Waals surface area contributed by atoms with E-state index in [1.165, 1.54) is 11.3 Å². The average Bonchev–Trinajstić information content (AvgIpc) is 3.18. The summed E-state index contributed by atoms with van der Waals surface area (Å²) in [4.78, 5) is 17.1. The largest absolute Gasteiger partial charge is 0.507 e. The highest BCUT2D eigenvalue weighted by Crippen LogP contribution is 2.35. The predicted molar refractivity (Wildman–Crippen MR) is 123 cm³/mol. The van der Waals surface area contributed by atoms with Crippen LogP contribution in [0.1, 0.15) is 5.56 Å². The van der Waals surface area contributed by atoms with Gasteiger partial charge in [-0.1, -0.05) is 48.6 Å². The monoisotopic (exact) mass is 434 g/mol. The third kappa shape index (κ3) is 4.82. The fraction of sp³-hybridized carbons (Fsp3) is 0.0870. The van der Waals surface area contributed by atoms with Gasteiger partial charge in [-0.2, -0.15) is 0 Å². The van der Waals surface area contributed by atoms with Crippen molar-refractivity contribution in [3.8, 4) is 22.1 Å². The van der Waals surface area contributed by atoms with Crippen LogP contribution in [0, 0.1) is 0 Å². The predicted octanol–water partition coefficient (Wildman–Crippen LogP) is 4.73. The number of para-hydroxylation sites is 2. The number of rotatable bonds is 6. The summed E-state index contributed by atoms with van der Waals surface area (Å²) in [5.41, 5.74) is 2.41. The molecular weight excluding hydrogens is 416 g/mol. The average molecular weight is 435 g/mol. The maximum Gasteiger partial charge on any atom is 0.262 e. The van der Waals surface area contributed by atoms with Gasteiger partial charge in [-0.05, 0) is 42.0 Å². The molecule has 1 amide bonds. The SMILES string of the molecule is O=C(COc1ccccc1)NC(=S)Cc1ccc(O)c(-c2nc3ccccc3s2)c1. The van der Waals surface area contributed by atoms with Crippen LogP contribution in [-0.2, 0) is 11.2 Å².